The van der Waals surface area contributed by atoms with E-state index in [1.165, 1.54) is 12.3 Å². The van der Waals surface area contributed by atoms with Gasteiger partial charge in [0.15, 0.2) is 6.10 Å². The van der Waals surface area contributed by atoms with Crippen LogP contribution in [0.5, 0.6) is 0 Å². The maximum atomic E-state index is 10.3. The molecule has 2 N–H and O–H groups in total. The summed E-state index contributed by atoms with van der Waals surface area (Å²) in [6.45, 7) is 1.62. The Morgan fingerprint density at radius 1 is 1.67 bits per heavy atom. The number of nitrogens with zero attached hydrogens (tertiary/aromatic N) is 2. The second-order valence-electron chi connectivity index (χ2n) is 2.27. The predicted octanol–water partition coefficient (Wildman–Crippen LogP) is -0.0970. The fraction of sp³-hybridized carbons (Fsp3) is 0.286. The van der Waals surface area contributed by atoms with Crippen molar-refractivity contribution in [3.63, 3.8) is 0 Å². The van der Waals surface area contributed by atoms with Gasteiger partial charge in [0.05, 0.1) is 5.69 Å². The van der Waals surface area contributed by atoms with Gasteiger partial charge in [-0.2, -0.15) is 0 Å². The molecule has 0 aromatic carbocycles. The molecule has 0 aliphatic carbocycles. The van der Waals surface area contributed by atoms with E-state index >= 15 is 0 Å². The number of aryl methyl sites for hydroxylation is 1. The molecule has 1 rings (SSSR count). The predicted molar refractivity (Wildman–Crippen MR) is 39.4 cm³/mol. The average molecular weight is 168 g/mol. The van der Waals surface area contributed by atoms with Gasteiger partial charge in [0.25, 0.3) is 0 Å². The van der Waals surface area contributed by atoms with Crippen molar-refractivity contribution >= 4 is 5.97 Å². The minimum absolute atomic E-state index is 0.106. The summed E-state index contributed by atoms with van der Waals surface area (Å²) in [5, 5.41) is 17.4. The van der Waals surface area contributed by atoms with E-state index in [-0.39, 0.29) is 5.69 Å². The second-order valence-corrected chi connectivity index (χ2v) is 2.27. The number of carboxylic acid groups (broad SMARTS) is 1. The highest BCUT2D eigenvalue weighted by Gasteiger charge is 2.16. The largest absolute Gasteiger partial charge is 0.479 e. The van der Waals surface area contributed by atoms with Crippen LogP contribution in [0, 0.1) is 6.92 Å². The summed E-state index contributed by atoms with van der Waals surface area (Å²) in [5.41, 5.74) is 0.106. The number of rotatable bonds is 2. The molecule has 0 spiro atoms. The van der Waals surface area contributed by atoms with E-state index in [1.807, 2.05) is 0 Å². The van der Waals surface area contributed by atoms with Crippen molar-refractivity contribution in [3.8, 4) is 0 Å². The fourth-order valence-corrected chi connectivity index (χ4v) is 0.753. The zero-order chi connectivity index (χ0) is 9.14. The van der Waals surface area contributed by atoms with Crippen LogP contribution in [0.2, 0.25) is 0 Å². The molecule has 5 heteroatoms. The molecule has 12 heavy (non-hydrogen) atoms. The third-order valence-electron chi connectivity index (χ3n) is 1.31. The molecule has 5 nitrogen and oxygen atoms in total. The molecular formula is C7H8N2O3. The molecule has 0 saturated heterocycles. The van der Waals surface area contributed by atoms with Gasteiger partial charge in [-0.05, 0) is 13.0 Å². The van der Waals surface area contributed by atoms with Gasteiger partial charge in [0.2, 0.25) is 0 Å². The highest BCUT2D eigenvalue weighted by atomic mass is 16.4. The minimum Gasteiger partial charge on any atom is -0.479 e. The standard InChI is InChI=1S/C7H8N2O3/c1-4-8-3-2-5(9-4)6(10)7(11)12/h2-3,6,10H,1H3,(H,11,12). The number of aromatic nitrogens is 2. The first kappa shape index (κ1) is 8.61. The lowest BCUT2D eigenvalue weighted by Crippen LogP contribution is -2.12. The lowest BCUT2D eigenvalue weighted by atomic mass is 10.2. The van der Waals surface area contributed by atoms with E-state index < -0.39 is 12.1 Å². The molecule has 64 valence electrons. The van der Waals surface area contributed by atoms with Crippen LogP contribution in [0.4, 0.5) is 0 Å². The minimum atomic E-state index is -1.56. The first-order valence-corrected chi connectivity index (χ1v) is 3.31. The van der Waals surface area contributed by atoms with Crippen molar-refractivity contribution in [1.29, 1.82) is 0 Å². The molecule has 0 bridgehead atoms. The second kappa shape index (κ2) is 3.27. The van der Waals surface area contributed by atoms with Crippen LogP contribution >= 0.6 is 0 Å². The summed E-state index contributed by atoms with van der Waals surface area (Å²) in [7, 11) is 0. The molecule has 1 heterocycles. The molecule has 1 aromatic rings. The van der Waals surface area contributed by atoms with Crippen LogP contribution in [-0.2, 0) is 4.79 Å². The maximum Gasteiger partial charge on any atom is 0.338 e. The molecule has 0 fully saturated rings. The Kier molecular flexibility index (Phi) is 2.35. The van der Waals surface area contributed by atoms with E-state index in [4.69, 9.17) is 10.2 Å². The number of aliphatic hydroxyl groups is 1. The van der Waals surface area contributed by atoms with Gasteiger partial charge in [-0.1, -0.05) is 0 Å². The SMILES string of the molecule is Cc1nccc(C(O)C(=O)O)n1. The van der Waals surface area contributed by atoms with Crippen molar-refractivity contribution in [3.05, 3.63) is 23.8 Å². The van der Waals surface area contributed by atoms with Gasteiger partial charge in [-0.3, -0.25) is 0 Å². The molecule has 1 unspecified atom stereocenters. The van der Waals surface area contributed by atoms with E-state index in [1.54, 1.807) is 6.92 Å². The molecule has 0 amide bonds. The van der Waals surface area contributed by atoms with Gasteiger partial charge >= 0.3 is 5.97 Å². The third-order valence-corrected chi connectivity index (χ3v) is 1.31. The van der Waals surface area contributed by atoms with E-state index in [2.05, 4.69) is 9.97 Å². The molecule has 0 aliphatic rings. The molecular weight excluding hydrogens is 160 g/mol. The number of hydrogen-bond acceptors (Lipinski definition) is 4. The lowest BCUT2D eigenvalue weighted by Gasteiger charge is -2.03. The first-order chi connectivity index (χ1) is 5.61. The van der Waals surface area contributed by atoms with Crippen molar-refractivity contribution in [2.24, 2.45) is 0 Å². The highest BCUT2D eigenvalue weighted by Crippen LogP contribution is 2.08. The summed E-state index contributed by atoms with van der Waals surface area (Å²) in [6.07, 6.45) is -0.157. The van der Waals surface area contributed by atoms with Crippen molar-refractivity contribution < 1.29 is 15.0 Å². The lowest BCUT2D eigenvalue weighted by molar-refractivity contribution is -0.147. The van der Waals surface area contributed by atoms with Crippen LogP contribution in [0.3, 0.4) is 0 Å². The first-order valence-electron chi connectivity index (χ1n) is 3.31. The molecule has 1 atom stereocenters. The zero-order valence-electron chi connectivity index (χ0n) is 6.43. The van der Waals surface area contributed by atoms with Gasteiger partial charge in [0, 0.05) is 6.20 Å². The zero-order valence-corrected chi connectivity index (χ0v) is 6.43. The van der Waals surface area contributed by atoms with Gasteiger partial charge < -0.3 is 10.2 Å². The summed E-state index contributed by atoms with van der Waals surface area (Å²) in [4.78, 5) is 17.8. The number of aliphatic carboxylic acids is 1. The fourth-order valence-electron chi connectivity index (χ4n) is 0.753. The average Bonchev–Trinajstić information content (AvgIpc) is 2.03. The number of carbonyl (C=O) groups is 1. The third kappa shape index (κ3) is 1.76. The highest BCUT2D eigenvalue weighted by molar-refractivity contribution is 5.73. The quantitative estimate of drug-likeness (QED) is 0.644. The van der Waals surface area contributed by atoms with Crippen LogP contribution in [-0.4, -0.2) is 26.2 Å². The molecule has 0 saturated carbocycles. The normalized spacial score (nSPS) is 12.5. The number of aliphatic hydroxyl groups excluding tert-OH is 1. The molecule has 0 radical (unpaired) electrons. The molecule has 0 aliphatic heterocycles. The summed E-state index contributed by atoms with van der Waals surface area (Å²) in [6, 6.07) is 1.37. The maximum absolute atomic E-state index is 10.3. The van der Waals surface area contributed by atoms with Gasteiger partial charge in [-0.25, -0.2) is 14.8 Å². The van der Waals surface area contributed by atoms with Crippen molar-refractivity contribution in [2.75, 3.05) is 0 Å². The summed E-state index contributed by atoms with van der Waals surface area (Å²) >= 11 is 0. The molecule has 1 aromatic heterocycles. The number of hydrogen-bond donors (Lipinski definition) is 2. The van der Waals surface area contributed by atoms with Crippen LogP contribution < -0.4 is 0 Å². The van der Waals surface area contributed by atoms with Crippen LogP contribution in [0.1, 0.15) is 17.6 Å². The van der Waals surface area contributed by atoms with E-state index in [0.29, 0.717) is 5.82 Å². The van der Waals surface area contributed by atoms with Crippen LogP contribution in [0.25, 0.3) is 0 Å². The van der Waals surface area contributed by atoms with E-state index in [9.17, 15) is 4.79 Å². The smallest absolute Gasteiger partial charge is 0.338 e. The Labute approximate surface area is 68.7 Å². The number of carboxylic acids is 1. The Morgan fingerprint density at radius 3 is 2.83 bits per heavy atom. The van der Waals surface area contributed by atoms with E-state index in [0.717, 1.165) is 0 Å². The Hall–Kier alpha value is -1.49. The topological polar surface area (TPSA) is 83.3 Å². The Morgan fingerprint density at radius 2 is 2.33 bits per heavy atom. The van der Waals surface area contributed by atoms with Crippen LogP contribution in [0.15, 0.2) is 12.3 Å². The van der Waals surface area contributed by atoms with Crippen molar-refractivity contribution in [1.82, 2.24) is 9.97 Å². The monoisotopic (exact) mass is 168 g/mol. The van der Waals surface area contributed by atoms with Gasteiger partial charge in [-0.15, -0.1) is 0 Å². The summed E-state index contributed by atoms with van der Waals surface area (Å²) < 4.78 is 0. The Balaban J connectivity index is 2.95. The Bertz CT molecular complexity index is 300. The van der Waals surface area contributed by atoms with Gasteiger partial charge in [0.1, 0.15) is 5.82 Å². The summed E-state index contributed by atoms with van der Waals surface area (Å²) in [5.74, 6) is -0.874. The van der Waals surface area contributed by atoms with Crippen molar-refractivity contribution in [2.45, 2.75) is 13.0 Å².